The Bertz CT molecular complexity index is 695. The average Bonchev–Trinajstić information content (AvgIpc) is 2.62. The summed E-state index contributed by atoms with van der Waals surface area (Å²) in [6.45, 7) is 1.54. The Morgan fingerprint density at radius 2 is 1.76 bits per heavy atom. The smallest absolute Gasteiger partial charge is 0.279 e. The minimum Gasteiger partial charge on any atom is -0.481 e. The summed E-state index contributed by atoms with van der Waals surface area (Å²) in [5.74, 6) is 0.127. The average molecular weight is 362 g/mol. The van der Waals surface area contributed by atoms with Crippen LogP contribution in [0.2, 0.25) is 0 Å². The predicted molar refractivity (Wildman–Crippen MR) is 95.4 cm³/mol. The van der Waals surface area contributed by atoms with Crippen LogP contribution >= 0.6 is 11.8 Å². The van der Waals surface area contributed by atoms with Crippen molar-refractivity contribution in [3.8, 4) is 5.75 Å². The summed E-state index contributed by atoms with van der Waals surface area (Å²) in [6, 6.07) is 15.1. The molecular formula is C18H19FN2O3S. The van der Waals surface area contributed by atoms with E-state index in [1.807, 2.05) is 30.3 Å². The minimum atomic E-state index is -0.831. The van der Waals surface area contributed by atoms with E-state index in [-0.39, 0.29) is 17.5 Å². The molecule has 0 radical (unpaired) electrons. The molecule has 2 aromatic rings. The van der Waals surface area contributed by atoms with E-state index >= 15 is 0 Å². The zero-order chi connectivity index (χ0) is 18.1. The lowest BCUT2D eigenvalue weighted by Gasteiger charge is -2.15. The normalized spacial score (nSPS) is 11.4. The minimum absolute atomic E-state index is 0.225. The molecule has 0 heterocycles. The molecule has 0 spiro atoms. The summed E-state index contributed by atoms with van der Waals surface area (Å²) in [7, 11) is 0. The van der Waals surface area contributed by atoms with Crippen molar-refractivity contribution in [2.45, 2.75) is 18.8 Å². The maximum absolute atomic E-state index is 12.8. The molecule has 0 unspecified atom stereocenters. The second-order valence-corrected chi connectivity index (χ2v) is 6.22. The molecule has 2 aromatic carbocycles. The third kappa shape index (κ3) is 6.84. The lowest BCUT2D eigenvalue weighted by molar-refractivity contribution is -0.131. The van der Waals surface area contributed by atoms with Crippen LogP contribution in [0.5, 0.6) is 5.75 Å². The molecule has 2 N–H and O–H groups in total. The number of carbonyl (C=O) groups excluding carboxylic acids is 2. The first-order valence-corrected chi connectivity index (χ1v) is 8.82. The molecule has 7 heteroatoms. The van der Waals surface area contributed by atoms with E-state index in [4.69, 9.17) is 4.74 Å². The molecule has 0 fully saturated rings. The van der Waals surface area contributed by atoms with E-state index in [1.165, 1.54) is 43.0 Å². The van der Waals surface area contributed by atoms with Gasteiger partial charge in [-0.1, -0.05) is 30.3 Å². The summed E-state index contributed by atoms with van der Waals surface area (Å²) in [5.41, 5.74) is 5.79. The fourth-order valence-electron chi connectivity index (χ4n) is 1.88. The van der Waals surface area contributed by atoms with E-state index in [0.717, 1.165) is 5.56 Å². The van der Waals surface area contributed by atoms with E-state index in [2.05, 4.69) is 10.9 Å². The molecule has 0 aliphatic rings. The second-order valence-electron chi connectivity index (χ2n) is 5.23. The number of carbonyl (C=O) groups is 2. The first-order chi connectivity index (χ1) is 12.0. The Morgan fingerprint density at radius 3 is 2.44 bits per heavy atom. The molecule has 0 bridgehead atoms. The number of hydrogen-bond acceptors (Lipinski definition) is 4. The van der Waals surface area contributed by atoms with Crippen LogP contribution in [0.15, 0.2) is 54.6 Å². The Kier molecular flexibility index (Phi) is 7.28. The maximum atomic E-state index is 12.8. The second kappa shape index (κ2) is 9.68. The van der Waals surface area contributed by atoms with Crippen molar-refractivity contribution in [3.05, 3.63) is 66.0 Å². The van der Waals surface area contributed by atoms with E-state index in [0.29, 0.717) is 11.5 Å². The van der Waals surface area contributed by atoms with Crippen LogP contribution in [-0.2, 0) is 15.3 Å². The van der Waals surface area contributed by atoms with Gasteiger partial charge in [-0.25, -0.2) is 4.39 Å². The highest BCUT2D eigenvalue weighted by Gasteiger charge is 2.15. The number of benzene rings is 2. The Morgan fingerprint density at radius 1 is 1.08 bits per heavy atom. The lowest BCUT2D eigenvalue weighted by Crippen LogP contribution is -2.47. The van der Waals surface area contributed by atoms with Crippen molar-refractivity contribution >= 4 is 23.6 Å². The summed E-state index contributed by atoms with van der Waals surface area (Å²) in [5, 5.41) is 0. The fraction of sp³-hybridized carbons (Fsp3) is 0.222. The molecule has 0 aliphatic heterocycles. The molecule has 1 atom stereocenters. The number of halogens is 1. The number of rotatable bonds is 7. The standard InChI is InChI=1S/C18H19FN2O3S/c1-13(24-16-9-7-15(19)8-10-16)18(23)21-20-17(22)12-25-11-14-5-3-2-4-6-14/h2-10,13H,11-12H2,1H3,(H,20,22)(H,21,23)/t13-/m1/s1. The highest BCUT2D eigenvalue weighted by Crippen LogP contribution is 2.13. The van der Waals surface area contributed by atoms with Gasteiger partial charge in [0.15, 0.2) is 6.10 Å². The SMILES string of the molecule is C[C@@H](Oc1ccc(F)cc1)C(=O)NNC(=O)CSCc1ccccc1. The van der Waals surface area contributed by atoms with Gasteiger partial charge in [0, 0.05) is 5.75 Å². The quantitative estimate of drug-likeness (QED) is 0.743. The van der Waals surface area contributed by atoms with Crippen LogP contribution in [0.3, 0.4) is 0 Å². The molecule has 132 valence electrons. The van der Waals surface area contributed by atoms with Gasteiger partial charge in [0.2, 0.25) is 5.91 Å². The predicted octanol–water partition coefficient (Wildman–Crippen LogP) is 2.67. The van der Waals surface area contributed by atoms with Crippen LogP contribution in [0.4, 0.5) is 4.39 Å². The maximum Gasteiger partial charge on any atom is 0.279 e. The third-order valence-electron chi connectivity index (χ3n) is 3.17. The van der Waals surface area contributed by atoms with Gasteiger partial charge in [-0.2, -0.15) is 0 Å². The molecular weight excluding hydrogens is 343 g/mol. The van der Waals surface area contributed by atoms with Crippen LogP contribution in [0.25, 0.3) is 0 Å². The number of amides is 2. The molecule has 0 saturated heterocycles. The number of ether oxygens (including phenoxy) is 1. The van der Waals surface area contributed by atoms with Crippen molar-refractivity contribution in [3.63, 3.8) is 0 Å². The van der Waals surface area contributed by atoms with Crippen molar-refractivity contribution in [1.29, 1.82) is 0 Å². The Labute approximate surface area is 149 Å². The van der Waals surface area contributed by atoms with Gasteiger partial charge in [0.05, 0.1) is 5.75 Å². The molecule has 25 heavy (non-hydrogen) atoms. The number of nitrogens with one attached hydrogen (secondary N) is 2. The Hall–Kier alpha value is -2.54. The topological polar surface area (TPSA) is 67.4 Å². The third-order valence-corrected chi connectivity index (χ3v) is 4.17. The molecule has 5 nitrogen and oxygen atoms in total. The molecule has 0 aromatic heterocycles. The van der Waals surface area contributed by atoms with Crippen LogP contribution in [0.1, 0.15) is 12.5 Å². The van der Waals surface area contributed by atoms with Gasteiger partial charge in [-0.3, -0.25) is 20.4 Å². The van der Waals surface area contributed by atoms with E-state index in [1.54, 1.807) is 0 Å². The van der Waals surface area contributed by atoms with Crippen molar-refractivity contribution in [1.82, 2.24) is 10.9 Å². The number of hydrazine groups is 1. The zero-order valence-corrected chi connectivity index (χ0v) is 14.5. The number of thioether (sulfide) groups is 1. The van der Waals surface area contributed by atoms with Crippen molar-refractivity contribution in [2.75, 3.05) is 5.75 Å². The van der Waals surface area contributed by atoms with Gasteiger partial charge in [-0.05, 0) is 36.8 Å². The highest BCUT2D eigenvalue weighted by atomic mass is 32.2. The fourth-order valence-corrected chi connectivity index (χ4v) is 2.66. The lowest BCUT2D eigenvalue weighted by atomic mass is 10.2. The van der Waals surface area contributed by atoms with Gasteiger partial charge in [0.1, 0.15) is 11.6 Å². The molecule has 2 amide bonds. The first kappa shape index (κ1) is 18.8. The van der Waals surface area contributed by atoms with E-state index in [9.17, 15) is 14.0 Å². The summed E-state index contributed by atoms with van der Waals surface area (Å²) in [6.07, 6.45) is -0.831. The molecule has 0 aliphatic carbocycles. The highest BCUT2D eigenvalue weighted by molar-refractivity contribution is 7.99. The van der Waals surface area contributed by atoms with Gasteiger partial charge < -0.3 is 4.74 Å². The van der Waals surface area contributed by atoms with Crippen LogP contribution < -0.4 is 15.6 Å². The van der Waals surface area contributed by atoms with Gasteiger partial charge >= 0.3 is 0 Å². The first-order valence-electron chi connectivity index (χ1n) is 7.67. The van der Waals surface area contributed by atoms with Crippen LogP contribution in [0, 0.1) is 5.82 Å². The van der Waals surface area contributed by atoms with Crippen LogP contribution in [-0.4, -0.2) is 23.7 Å². The number of hydrogen-bond donors (Lipinski definition) is 2. The van der Waals surface area contributed by atoms with Crippen molar-refractivity contribution in [2.24, 2.45) is 0 Å². The monoisotopic (exact) mass is 362 g/mol. The summed E-state index contributed by atoms with van der Waals surface area (Å²) < 4.78 is 18.2. The summed E-state index contributed by atoms with van der Waals surface area (Å²) >= 11 is 1.45. The summed E-state index contributed by atoms with van der Waals surface area (Å²) in [4.78, 5) is 23.6. The molecule has 0 saturated carbocycles. The van der Waals surface area contributed by atoms with Gasteiger partial charge in [-0.15, -0.1) is 11.8 Å². The zero-order valence-electron chi connectivity index (χ0n) is 13.7. The molecule has 2 rings (SSSR count). The Balaban J connectivity index is 1.66. The van der Waals surface area contributed by atoms with E-state index < -0.39 is 12.0 Å². The van der Waals surface area contributed by atoms with Gasteiger partial charge in [0.25, 0.3) is 5.91 Å². The largest absolute Gasteiger partial charge is 0.481 e. The van der Waals surface area contributed by atoms with Crippen molar-refractivity contribution < 1.29 is 18.7 Å².